The van der Waals surface area contributed by atoms with Crippen molar-refractivity contribution < 1.29 is 8.42 Å². The fourth-order valence-corrected chi connectivity index (χ4v) is 4.33. The summed E-state index contributed by atoms with van der Waals surface area (Å²) in [7, 11) is -3.18. The Balaban J connectivity index is 2.25. The van der Waals surface area contributed by atoms with Crippen LogP contribution in [-0.4, -0.2) is 33.8 Å². The molecule has 1 fully saturated rings. The summed E-state index contributed by atoms with van der Waals surface area (Å²) in [5, 5.41) is 0. The first-order chi connectivity index (χ1) is 9.58. The van der Waals surface area contributed by atoms with E-state index in [4.69, 9.17) is 5.73 Å². The van der Waals surface area contributed by atoms with Gasteiger partial charge in [0.1, 0.15) is 0 Å². The fraction of sp³-hybridized carbons (Fsp3) is 0.600. The van der Waals surface area contributed by atoms with Crippen LogP contribution in [0.15, 0.2) is 29.2 Å². The molecule has 1 heterocycles. The predicted molar refractivity (Wildman–Crippen MR) is 82.8 cm³/mol. The molecule has 0 saturated carbocycles. The molecule has 1 aromatic rings. The van der Waals surface area contributed by atoms with Crippen LogP contribution in [0.4, 0.5) is 5.69 Å². The number of hydrogen-bond acceptors (Lipinski definition) is 4. The maximum atomic E-state index is 12.4. The van der Waals surface area contributed by atoms with Crippen molar-refractivity contribution in [2.24, 2.45) is 11.7 Å². The zero-order valence-corrected chi connectivity index (χ0v) is 12.9. The van der Waals surface area contributed by atoms with Gasteiger partial charge in [-0.15, -0.1) is 0 Å². The molecule has 0 bridgehead atoms. The van der Waals surface area contributed by atoms with Gasteiger partial charge in [0, 0.05) is 13.1 Å². The monoisotopic (exact) mass is 296 g/mol. The molecule has 112 valence electrons. The number of piperidine rings is 1. The Kier molecular flexibility index (Phi) is 5.05. The highest BCUT2D eigenvalue weighted by Gasteiger charge is 2.24. The zero-order chi connectivity index (χ0) is 14.6. The average molecular weight is 296 g/mol. The lowest BCUT2D eigenvalue weighted by atomic mass is 9.97. The fourth-order valence-electron chi connectivity index (χ4n) is 2.77. The van der Waals surface area contributed by atoms with Crippen molar-refractivity contribution in [1.29, 1.82) is 0 Å². The number of sulfone groups is 1. The Bertz CT molecular complexity index is 535. The zero-order valence-electron chi connectivity index (χ0n) is 12.1. The van der Waals surface area contributed by atoms with Gasteiger partial charge in [0.05, 0.1) is 16.3 Å². The van der Waals surface area contributed by atoms with Gasteiger partial charge >= 0.3 is 0 Å². The van der Waals surface area contributed by atoms with Crippen LogP contribution in [0.3, 0.4) is 0 Å². The lowest BCUT2D eigenvalue weighted by Gasteiger charge is -2.34. The Morgan fingerprint density at radius 1 is 1.25 bits per heavy atom. The van der Waals surface area contributed by atoms with Gasteiger partial charge in [0.15, 0.2) is 9.84 Å². The Morgan fingerprint density at radius 2 is 1.90 bits per heavy atom. The van der Waals surface area contributed by atoms with Crippen LogP contribution in [0.5, 0.6) is 0 Å². The Labute approximate surface area is 121 Å². The van der Waals surface area contributed by atoms with E-state index < -0.39 is 9.84 Å². The second-order valence-corrected chi connectivity index (χ2v) is 7.53. The number of hydrogen-bond donors (Lipinski definition) is 1. The summed E-state index contributed by atoms with van der Waals surface area (Å²) in [5.41, 5.74) is 6.57. The number of nitrogens with two attached hydrogens (primary N) is 1. The highest BCUT2D eigenvalue weighted by Crippen LogP contribution is 2.29. The van der Waals surface area contributed by atoms with Gasteiger partial charge in [0.2, 0.25) is 0 Å². The van der Waals surface area contributed by atoms with Gasteiger partial charge in [-0.1, -0.05) is 19.1 Å². The van der Waals surface area contributed by atoms with E-state index in [1.165, 1.54) is 0 Å². The largest absolute Gasteiger partial charge is 0.370 e. The van der Waals surface area contributed by atoms with Crippen LogP contribution in [0.2, 0.25) is 0 Å². The first-order valence-electron chi connectivity index (χ1n) is 7.35. The van der Waals surface area contributed by atoms with Crippen LogP contribution < -0.4 is 10.6 Å². The molecule has 1 aliphatic heterocycles. The topological polar surface area (TPSA) is 63.4 Å². The number of anilines is 1. The van der Waals surface area contributed by atoms with Crippen LogP contribution in [0.1, 0.15) is 26.2 Å². The van der Waals surface area contributed by atoms with Crippen molar-refractivity contribution in [3.8, 4) is 0 Å². The Morgan fingerprint density at radius 3 is 2.50 bits per heavy atom. The lowest BCUT2D eigenvalue weighted by molar-refractivity contribution is 0.413. The van der Waals surface area contributed by atoms with Crippen molar-refractivity contribution in [2.75, 3.05) is 30.3 Å². The van der Waals surface area contributed by atoms with Crippen molar-refractivity contribution in [3.63, 3.8) is 0 Å². The van der Waals surface area contributed by atoms with Crippen molar-refractivity contribution in [1.82, 2.24) is 0 Å². The van der Waals surface area contributed by atoms with Gasteiger partial charge in [-0.2, -0.15) is 0 Å². The molecular formula is C15H24N2O2S. The molecule has 2 rings (SSSR count). The number of rotatable bonds is 5. The van der Waals surface area contributed by atoms with Gasteiger partial charge in [-0.3, -0.25) is 0 Å². The van der Waals surface area contributed by atoms with Crippen molar-refractivity contribution in [3.05, 3.63) is 24.3 Å². The van der Waals surface area contributed by atoms with E-state index in [0.29, 0.717) is 17.2 Å². The second kappa shape index (κ2) is 6.59. The Hall–Kier alpha value is -1.07. The first kappa shape index (κ1) is 15.3. The van der Waals surface area contributed by atoms with E-state index in [2.05, 4.69) is 4.90 Å². The quantitative estimate of drug-likeness (QED) is 0.903. The standard InChI is InChI=1S/C15H24N2O2S/c1-2-11-20(18,19)15-6-4-3-5-14(15)17-9-7-13(12-16)8-10-17/h3-6,13H,2,7-12,16H2,1H3. The number of benzene rings is 1. The van der Waals surface area contributed by atoms with Crippen molar-refractivity contribution in [2.45, 2.75) is 31.1 Å². The van der Waals surface area contributed by atoms with E-state index in [1.807, 2.05) is 19.1 Å². The van der Waals surface area contributed by atoms with E-state index in [-0.39, 0.29) is 5.75 Å². The van der Waals surface area contributed by atoms with E-state index in [0.717, 1.165) is 38.2 Å². The maximum absolute atomic E-state index is 12.4. The third-order valence-electron chi connectivity index (χ3n) is 3.96. The minimum absolute atomic E-state index is 0.212. The molecule has 0 aliphatic carbocycles. The SMILES string of the molecule is CCCS(=O)(=O)c1ccccc1N1CCC(CN)CC1. The van der Waals surface area contributed by atoms with Crippen LogP contribution in [0.25, 0.3) is 0 Å². The molecule has 20 heavy (non-hydrogen) atoms. The number of para-hydroxylation sites is 1. The molecule has 2 N–H and O–H groups in total. The normalized spacial score (nSPS) is 17.4. The summed E-state index contributed by atoms with van der Waals surface area (Å²) in [6, 6.07) is 7.37. The average Bonchev–Trinajstić information content (AvgIpc) is 2.47. The minimum atomic E-state index is -3.18. The molecule has 0 unspecified atom stereocenters. The van der Waals surface area contributed by atoms with E-state index in [1.54, 1.807) is 12.1 Å². The molecule has 0 radical (unpaired) electrons. The summed E-state index contributed by atoms with van der Waals surface area (Å²) in [5.74, 6) is 0.786. The van der Waals surface area contributed by atoms with E-state index in [9.17, 15) is 8.42 Å². The summed E-state index contributed by atoms with van der Waals surface area (Å²) in [4.78, 5) is 2.67. The third-order valence-corrected chi connectivity index (χ3v) is 5.92. The molecule has 0 atom stereocenters. The molecule has 1 saturated heterocycles. The van der Waals surface area contributed by atoms with Crippen LogP contribution >= 0.6 is 0 Å². The molecule has 0 spiro atoms. The lowest BCUT2D eigenvalue weighted by Crippen LogP contribution is -2.36. The molecule has 4 nitrogen and oxygen atoms in total. The second-order valence-electron chi connectivity index (χ2n) is 5.45. The minimum Gasteiger partial charge on any atom is -0.370 e. The van der Waals surface area contributed by atoms with Gasteiger partial charge in [-0.05, 0) is 43.9 Å². The molecule has 0 aromatic heterocycles. The summed E-state index contributed by atoms with van der Waals surface area (Å²) >= 11 is 0. The molecule has 1 aliphatic rings. The summed E-state index contributed by atoms with van der Waals surface area (Å²) in [6.07, 6.45) is 2.73. The molecule has 5 heteroatoms. The smallest absolute Gasteiger partial charge is 0.180 e. The highest BCUT2D eigenvalue weighted by atomic mass is 32.2. The third kappa shape index (κ3) is 3.33. The van der Waals surface area contributed by atoms with Crippen molar-refractivity contribution >= 4 is 15.5 Å². The highest BCUT2D eigenvalue weighted by molar-refractivity contribution is 7.91. The number of nitrogens with zero attached hydrogens (tertiary/aromatic N) is 1. The summed E-state index contributed by atoms with van der Waals surface area (Å²) in [6.45, 7) is 4.40. The molecule has 0 amide bonds. The predicted octanol–water partition coefficient (Wildman–Crippen LogP) is 2.05. The maximum Gasteiger partial charge on any atom is 0.180 e. The van der Waals surface area contributed by atoms with E-state index >= 15 is 0 Å². The molecular weight excluding hydrogens is 272 g/mol. The summed E-state index contributed by atoms with van der Waals surface area (Å²) < 4.78 is 24.7. The van der Waals surface area contributed by atoms with Gasteiger partial charge in [0.25, 0.3) is 0 Å². The van der Waals surface area contributed by atoms with Crippen LogP contribution in [0, 0.1) is 5.92 Å². The van der Waals surface area contributed by atoms with Gasteiger partial charge < -0.3 is 10.6 Å². The first-order valence-corrected chi connectivity index (χ1v) is 9.00. The van der Waals surface area contributed by atoms with Gasteiger partial charge in [-0.25, -0.2) is 8.42 Å². The molecule has 1 aromatic carbocycles. The van der Waals surface area contributed by atoms with Crippen LogP contribution in [-0.2, 0) is 9.84 Å².